The third-order valence-corrected chi connectivity index (χ3v) is 8.07. The zero-order valence-corrected chi connectivity index (χ0v) is 21.2. The van der Waals surface area contributed by atoms with E-state index < -0.39 is 23.5 Å². The van der Waals surface area contributed by atoms with Gasteiger partial charge >= 0.3 is 0 Å². The highest BCUT2D eigenvalue weighted by Gasteiger charge is 2.50. The molecule has 4 rings (SSSR count). The van der Waals surface area contributed by atoms with Gasteiger partial charge in [0.15, 0.2) is 5.78 Å². The van der Waals surface area contributed by atoms with E-state index in [1.807, 2.05) is 7.05 Å². The van der Waals surface area contributed by atoms with Crippen LogP contribution in [0.25, 0.3) is 5.76 Å². The van der Waals surface area contributed by atoms with Crippen LogP contribution in [0, 0.1) is 23.2 Å². The van der Waals surface area contributed by atoms with Crippen LogP contribution in [0.15, 0.2) is 23.0 Å². The van der Waals surface area contributed by atoms with Crippen LogP contribution in [0.3, 0.4) is 0 Å². The van der Waals surface area contributed by atoms with Crippen molar-refractivity contribution < 1.29 is 29.6 Å². The topological polar surface area (TPSA) is 157 Å². The van der Waals surface area contributed by atoms with Crippen molar-refractivity contribution >= 4 is 23.2 Å². The van der Waals surface area contributed by atoms with E-state index in [0.29, 0.717) is 24.2 Å². The Kier molecular flexibility index (Phi) is 6.88. The average Bonchev–Trinajstić information content (AvgIpc) is 2.80. The summed E-state index contributed by atoms with van der Waals surface area (Å²) in [5.74, 6) is -3.27. The van der Waals surface area contributed by atoms with Crippen molar-refractivity contribution in [2.45, 2.75) is 52.0 Å². The van der Waals surface area contributed by atoms with Crippen LogP contribution in [-0.2, 0) is 16.0 Å². The maximum atomic E-state index is 13.6. The van der Waals surface area contributed by atoms with Crippen LogP contribution in [0.5, 0.6) is 11.5 Å². The SMILES string of the molecule is CCCC(c1cc(O)c2c(c1OC)CC1CC3CC(O)=C(C(N)=O)C(=N)C3C(=O)C1=C2O)N(C)CC. The molecular weight excluding hydrogens is 462 g/mol. The van der Waals surface area contributed by atoms with E-state index in [2.05, 4.69) is 18.7 Å². The van der Waals surface area contributed by atoms with Gasteiger partial charge in [-0.05, 0) is 50.8 Å². The van der Waals surface area contributed by atoms with Gasteiger partial charge in [-0.15, -0.1) is 0 Å². The molecule has 4 atom stereocenters. The molecule has 3 aliphatic rings. The van der Waals surface area contributed by atoms with Gasteiger partial charge < -0.3 is 31.2 Å². The molecule has 0 aromatic heterocycles. The predicted molar refractivity (Wildman–Crippen MR) is 135 cm³/mol. The number of nitrogens with two attached hydrogens (primary N) is 1. The number of aliphatic hydroxyl groups excluding tert-OH is 2. The number of phenols is 1. The largest absolute Gasteiger partial charge is 0.511 e. The molecule has 0 bridgehead atoms. The number of carbonyl (C=O) groups is 2. The van der Waals surface area contributed by atoms with Crippen molar-refractivity contribution in [3.8, 4) is 11.5 Å². The lowest BCUT2D eigenvalue weighted by Gasteiger charge is -2.42. The summed E-state index contributed by atoms with van der Waals surface area (Å²) in [6, 6.07) is 1.62. The lowest BCUT2D eigenvalue weighted by atomic mass is 9.61. The summed E-state index contributed by atoms with van der Waals surface area (Å²) in [7, 11) is 3.59. The first-order chi connectivity index (χ1) is 17.1. The van der Waals surface area contributed by atoms with Gasteiger partial charge in [0.05, 0.1) is 29.9 Å². The van der Waals surface area contributed by atoms with Crippen molar-refractivity contribution in [2.75, 3.05) is 20.7 Å². The summed E-state index contributed by atoms with van der Waals surface area (Å²) in [5, 5.41) is 41.2. The summed E-state index contributed by atoms with van der Waals surface area (Å²) in [5.41, 5.74) is 6.54. The number of amides is 1. The van der Waals surface area contributed by atoms with E-state index in [9.17, 15) is 24.9 Å². The number of carbonyl (C=O) groups excluding carboxylic acids is 2. The fraction of sp³-hybridized carbons (Fsp3) is 0.519. The number of ketones is 1. The third kappa shape index (κ3) is 3.86. The van der Waals surface area contributed by atoms with Crippen LogP contribution in [-0.4, -0.2) is 58.3 Å². The van der Waals surface area contributed by atoms with Gasteiger partial charge in [-0.3, -0.25) is 14.5 Å². The van der Waals surface area contributed by atoms with Crippen molar-refractivity contribution in [1.82, 2.24) is 4.90 Å². The highest BCUT2D eigenvalue weighted by Crippen LogP contribution is 2.52. The molecule has 1 fully saturated rings. The predicted octanol–water partition coefficient (Wildman–Crippen LogP) is 3.56. The van der Waals surface area contributed by atoms with Crippen molar-refractivity contribution in [3.05, 3.63) is 39.7 Å². The van der Waals surface area contributed by atoms with Gasteiger partial charge in [0.2, 0.25) is 0 Å². The van der Waals surface area contributed by atoms with E-state index in [-0.39, 0.29) is 58.1 Å². The Bertz CT molecular complexity index is 1200. The number of nitrogens with one attached hydrogen (secondary N) is 1. The number of nitrogens with zero attached hydrogens (tertiary/aromatic N) is 1. The molecule has 1 saturated carbocycles. The molecule has 1 aromatic rings. The van der Waals surface area contributed by atoms with Gasteiger partial charge in [-0.25, -0.2) is 0 Å². The lowest BCUT2D eigenvalue weighted by Crippen LogP contribution is -2.46. The van der Waals surface area contributed by atoms with Crippen LogP contribution in [0.2, 0.25) is 0 Å². The molecule has 0 radical (unpaired) electrons. The number of rotatable bonds is 7. The minimum Gasteiger partial charge on any atom is -0.511 e. The molecule has 194 valence electrons. The number of phenolic OH excluding ortho intramolecular Hbond substituents is 1. The molecule has 0 saturated heterocycles. The fourth-order valence-corrected chi connectivity index (χ4v) is 6.37. The molecule has 0 aliphatic heterocycles. The summed E-state index contributed by atoms with van der Waals surface area (Å²) in [6.07, 6.45) is 2.64. The highest BCUT2D eigenvalue weighted by molar-refractivity contribution is 6.29. The number of allylic oxidation sites excluding steroid dienone is 2. The van der Waals surface area contributed by atoms with Crippen LogP contribution in [0.4, 0.5) is 0 Å². The Balaban J connectivity index is 1.85. The van der Waals surface area contributed by atoms with Crippen molar-refractivity contribution in [2.24, 2.45) is 23.5 Å². The molecule has 0 heterocycles. The maximum Gasteiger partial charge on any atom is 0.253 e. The van der Waals surface area contributed by atoms with Gasteiger partial charge in [-0.1, -0.05) is 20.3 Å². The second kappa shape index (κ2) is 9.61. The quantitative estimate of drug-likeness (QED) is 0.385. The zero-order valence-electron chi connectivity index (χ0n) is 21.2. The van der Waals surface area contributed by atoms with Crippen molar-refractivity contribution in [3.63, 3.8) is 0 Å². The number of methoxy groups -OCH3 is 1. The number of aromatic hydroxyl groups is 1. The van der Waals surface area contributed by atoms with Gasteiger partial charge in [-0.2, -0.15) is 0 Å². The van der Waals surface area contributed by atoms with Crippen LogP contribution < -0.4 is 10.5 Å². The number of fused-ring (bicyclic) bond motifs is 3. The monoisotopic (exact) mass is 497 g/mol. The standard InChI is InChI=1S/C27H35N3O6/c1-5-7-16(30(3)6-2)14-11-18(32)21-15(26(14)36-4)9-12-8-13-10-17(31)22(27(29)35)23(28)19(13)24(33)20(12)25(21)34/h11-13,16,19,28,31-32,34H,5-10H2,1-4H3,(H2,29,35). The van der Waals surface area contributed by atoms with Gasteiger partial charge in [0, 0.05) is 29.2 Å². The van der Waals surface area contributed by atoms with E-state index in [1.165, 1.54) is 0 Å². The summed E-state index contributed by atoms with van der Waals surface area (Å²) < 4.78 is 5.87. The van der Waals surface area contributed by atoms with E-state index in [4.69, 9.17) is 15.9 Å². The number of Topliss-reactive ketones (excluding diaryl/α,β-unsaturated/α-hetero) is 1. The number of primary amides is 1. The molecule has 1 amide bonds. The van der Waals surface area contributed by atoms with E-state index in [1.54, 1.807) is 13.2 Å². The average molecular weight is 498 g/mol. The Labute approximate surface area is 210 Å². The molecular formula is C27H35N3O6. The molecule has 6 N–H and O–H groups in total. The molecule has 9 heteroatoms. The minimum absolute atomic E-state index is 0.00385. The summed E-state index contributed by atoms with van der Waals surface area (Å²) >= 11 is 0. The first-order valence-electron chi connectivity index (χ1n) is 12.5. The first kappa shape index (κ1) is 25.8. The smallest absolute Gasteiger partial charge is 0.253 e. The molecule has 3 aliphatic carbocycles. The van der Waals surface area contributed by atoms with Gasteiger partial charge in [0.1, 0.15) is 23.0 Å². The number of aliphatic hydroxyl groups is 2. The first-order valence-corrected chi connectivity index (χ1v) is 12.5. The number of hydrogen-bond acceptors (Lipinski definition) is 8. The summed E-state index contributed by atoms with van der Waals surface area (Å²) in [4.78, 5) is 27.6. The van der Waals surface area contributed by atoms with Crippen LogP contribution >= 0.6 is 0 Å². The zero-order chi connectivity index (χ0) is 26.5. The Morgan fingerprint density at radius 3 is 2.56 bits per heavy atom. The fourth-order valence-electron chi connectivity index (χ4n) is 6.37. The van der Waals surface area contributed by atoms with E-state index >= 15 is 0 Å². The number of ether oxygens (including phenoxy) is 1. The maximum absolute atomic E-state index is 13.6. The van der Waals surface area contributed by atoms with Gasteiger partial charge in [0.25, 0.3) is 5.91 Å². The number of hydrogen-bond donors (Lipinski definition) is 5. The molecule has 4 unspecified atom stereocenters. The normalized spacial score (nSPS) is 24.4. The second-order valence-corrected chi connectivity index (χ2v) is 10.1. The Morgan fingerprint density at radius 2 is 1.97 bits per heavy atom. The van der Waals surface area contributed by atoms with Crippen LogP contribution in [0.1, 0.15) is 62.3 Å². The van der Waals surface area contributed by atoms with E-state index in [0.717, 1.165) is 24.9 Å². The molecule has 0 spiro atoms. The molecule has 1 aromatic carbocycles. The Hall–Kier alpha value is -3.33. The lowest BCUT2D eigenvalue weighted by molar-refractivity contribution is -0.121. The molecule has 9 nitrogen and oxygen atoms in total. The third-order valence-electron chi connectivity index (χ3n) is 8.07. The summed E-state index contributed by atoms with van der Waals surface area (Å²) in [6.45, 7) is 4.96. The van der Waals surface area contributed by atoms with Crippen molar-refractivity contribution in [1.29, 1.82) is 5.41 Å². The number of benzene rings is 1. The second-order valence-electron chi connectivity index (χ2n) is 10.1. The Morgan fingerprint density at radius 1 is 1.28 bits per heavy atom. The minimum atomic E-state index is -0.978. The molecule has 36 heavy (non-hydrogen) atoms. The highest BCUT2D eigenvalue weighted by atomic mass is 16.5.